The minimum atomic E-state index is -0.672. The first-order valence-corrected chi connectivity index (χ1v) is 9.71. The Morgan fingerprint density at radius 3 is 2.21 bits per heavy atom. The molecule has 0 radical (unpaired) electrons. The van der Waals surface area contributed by atoms with Crippen molar-refractivity contribution in [2.24, 2.45) is 5.92 Å². The van der Waals surface area contributed by atoms with Crippen LogP contribution in [0.15, 0.2) is 54.6 Å². The molecular weight excluding hydrogens is 352 g/mol. The first-order chi connectivity index (χ1) is 13.5. The lowest BCUT2D eigenvalue weighted by Gasteiger charge is -2.31. The summed E-state index contributed by atoms with van der Waals surface area (Å²) in [7, 11) is 1.62. The quantitative estimate of drug-likeness (QED) is 0.714. The number of nitrogens with zero attached hydrogens (tertiary/aromatic N) is 1. The molecule has 1 N–H and O–H groups in total. The van der Waals surface area contributed by atoms with Gasteiger partial charge in [-0.1, -0.05) is 63.2 Å². The molecule has 5 nitrogen and oxygen atoms in total. The van der Waals surface area contributed by atoms with Gasteiger partial charge in [0.2, 0.25) is 11.8 Å². The van der Waals surface area contributed by atoms with E-state index in [2.05, 4.69) is 5.32 Å². The lowest BCUT2D eigenvalue weighted by molar-refractivity contribution is -0.141. The molecule has 0 fully saturated rings. The fourth-order valence-corrected chi connectivity index (χ4v) is 2.96. The van der Waals surface area contributed by atoms with Gasteiger partial charge in [0, 0.05) is 19.5 Å². The Hall–Kier alpha value is -2.82. The smallest absolute Gasteiger partial charge is 0.247 e. The Labute approximate surface area is 167 Å². The third-order valence-corrected chi connectivity index (χ3v) is 4.49. The number of carbonyl (C=O) groups excluding carboxylic acids is 2. The van der Waals surface area contributed by atoms with Gasteiger partial charge in [0.05, 0.1) is 7.11 Å². The van der Waals surface area contributed by atoms with Gasteiger partial charge in [0.25, 0.3) is 0 Å². The van der Waals surface area contributed by atoms with E-state index in [1.807, 2.05) is 75.4 Å². The molecule has 1 atom stereocenters. The summed E-state index contributed by atoms with van der Waals surface area (Å²) in [5, 5.41) is 2.99. The van der Waals surface area contributed by atoms with Gasteiger partial charge in [-0.3, -0.25) is 9.59 Å². The van der Waals surface area contributed by atoms with Crippen molar-refractivity contribution < 1.29 is 14.3 Å². The number of nitrogens with one attached hydrogen (secondary N) is 1. The molecule has 5 heteroatoms. The number of amides is 2. The van der Waals surface area contributed by atoms with Crippen molar-refractivity contribution in [3.8, 4) is 5.75 Å². The summed E-state index contributed by atoms with van der Waals surface area (Å²) in [5.41, 5.74) is 1.75. The van der Waals surface area contributed by atoms with Crippen molar-refractivity contribution in [1.82, 2.24) is 10.2 Å². The minimum Gasteiger partial charge on any atom is -0.497 e. The van der Waals surface area contributed by atoms with Gasteiger partial charge in [-0.25, -0.2) is 0 Å². The second-order valence-electron chi connectivity index (χ2n) is 7.18. The number of hydrogen-bond donors (Lipinski definition) is 1. The molecule has 0 unspecified atom stereocenters. The molecular formula is C23H30N2O3. The van der Waals surface area contributed by atoms with Crippen LogP contribution in [0.3, 0.4) is 0 Å². The number of ether oxygens (including phenoxy) is 1. The zero-order valence-corrected chi connectivity index (χ0v) is 17.1. The molecule has 2 aromatic carbocycles. The number of methoxy groups -OCH3 is 1. The molecule has 0 saturated heterocycles. The molecule has 2 aromatic rings. The van der Waals surface area contributed by atoms with Crippen LogP contribution in [0, 0.1) is 5.92 Å². The van der Waals surface area contributed by atoms with E-state index >= 15 is 0 Å². The molecule has 0 aliphatic carbocycles. The van der Waals surface area contributed by atoms with E-state index in [0.29, 0.717) is 25.4 Å². The van der Waals surface area contributed by atoms with Crippen LogP contribution in [0.1, 0.15) is 44.4 Å². The molecule has 0 heterocycles. The van der Waals surface area contributed by atoms with E-state index in [1.54, 1.807) is 12.0 Å². The van der Waals surface area contributed by atoms with Crippen LogP contribution < -0.4 is 10.1 Å². The highest BCUT2D eigenvalue weighted by Gasteiger charge is 2.30. The summed E-state index contributed by atoms with van der Waals surface area (Å²) >= 11 is 0. The van der Waals surface area contributed by atoms with Crippen molar-refractivity contribution in [3.63, 3.8) is 0 Å². The molecule has 0 aliphatic heterocycles. The SMILES string of the molecule is CCC(=O)N(Cc1ccc(OC)cc1)[C@H](C(=O)NCC(C)C)c1ccccc1. The van der Waals surface area contributed by atoms with Crippen molar-refractivity contribution in [2.45, 2.75) is 39.8 Å². The zero-order valence-electron chi connectivity index (χ0n) is 17.1. The molecule has 2 amide bonds. The van der Waals surface area contributed by atoms with Gasteiger partial charge >= 0.3 is 0 Å². The van der Waals surface area contributed by atoms with Gasteiger partial charge in [-0.2, -0.15) is 0 Å². The van der Waals surface area contributed by atoms with Gasteiger partial charge in [0.15, 0.2) is 0 Å². The summed E-state index contributed by atoms with van der Waals surface area (Å²) in [6.45, 7) is 6.83. The Morgan fingerprint density at radius 2 is 1.68 bits per heavy atom. The van der Waals surface area contributed by atoms with Crippen LogP contribution in [-0.4, -0.2) is 30.4 Å². The number of hydrogen-bond acceptors (Lipinski definition) is 3. The average molecular weight is 383 g/mol. The number of benzene rings is 2. The van der Waals surface area contributed by atoms with Crippen molar-refractivity contribution in [1.29, 1.82) is 0 Å². The van der Waals surface area contributed by atoms with Crippen LogP contribution in [0.5, 0.6) is 5.75 Å². The summed E-state index contributed by atoms with van der Waals surface area (Å²) < 4.78 is 5.21. The summed E-state index contributed by atoms with van der Waals surface area (Å²) in [6, 6.07) is 16.4. The maximum atomic E-state index is 13.1. The highest BCUT2D eigenvalue weighted by atomic mass is 16.5. The molecule has 28 heavy (non-hydrogen) atoms. The molecule has 0 aliphatic rings. The maximum Gasteiger partial charge on any atom is 0.247 e. The lowest BCUT2D eigenvalue weighted by atomic mass is 10.0. The number of rotatable bonds is 9. The first kappa shape index (κ1) is 21.5. The molecule has 0 bridgehead atoms. The van der Waals surface area contributed by atoms with E-state index in [-0.39, 0.29) is 11.8 Å². The van der Waals surface area contributed by atoms with Crippen molar-refractivity contribution >= 4 is 11.8 Å². The Morgan fingerprint density at radius 1 is 1.04 bits per heavy atom. The van der Waals surface area contributed by atoms with Gasteiger partial charge in [-0.15, -0.1) is 0 Å². The topological polar surface area (TPSA) is 58.6 Å². The highest BCUT2D eigenvalue weighted by Crippen LogP contribution is 2.25. The molecule has 2 rings (SSSR count). The second kappa shape index (κ2) is 10.5. The standard InChI is InChI=1S/C23H30N2O3/c1-5-21(26)25(16-18-11-13-20(28-4)14-12-18)22(19-9-7-6-8-10-19)23(27)24-15-17(2)3/h6-14,17,22H,5,15-16H2,1-4H3,(H,24,27)/t22-/m0/s1. The van der Waals surface area contributed by atoms with E-state index in [0.717, 1.165) is 16.9 Å². The lowest BCUT2D eigenvalue weighted by Crippen LogP contribution is -2.44. The first-order valence-electron chi connectivity index (χ1n) is 9.71. The third-order valence-electron chi connectivity index (χ3n) is 4.49. The van der Waals surface area contributed by atoms with Gasteiger partial charge in [0.1, 0.15) is 11.8 Å². The van der Waals surface area contributed by atoms with Crippen molar-refractivity contribution in [2.75, 3.05) is 13.7 Å². The summed E-state index contributed by atoms with van der Waals surface area (Å²) in [5.74, 6) is 0.864. The van der Waals surface area contributed by atoms with E-state index in [4.69, 9.17) is 4.74 Å². The predicted molar refractivity (Wildman–Crippen MR) is 111 cm³/mol. The third kappa shape index (κ3) is 5.84. The average Bonchev–Trinajstić information content (AvgIpc) is 2.72. The van der Waals surface area contributed by atoms with Crippen LogP contribution in [0.25, 0.3) is 0 Å². The van der Waals surface area contributed by atoms with E-state index < -0.39 is 6.04 Å². The molecule has 0 spiro atoms. The zero-order chi connectivity index (χ0) is 20.5. The Kier molecular flexibility index (Phi) is 8.05. The predicted octanol–water partition coefficient (Wildman–Crippen LogP) is 3.95. The largest absolute Gasteiger partial charge is 0.497 e. The van der Waals surface area contributed by atoms with E-state index in [9.17, 15) is 9.59 Å². The van der Waals surface area contributed by atoms with Gasteiger partial charge in [-0.05, 0) is 29.2 Å². The summed E-state index contributed by atoms with van der Waals surface area (Å²) in [4.78, 5) is 27.6. The van der Waals surface area contributed by atoms with Crippen LogP contribution in [-0.2, 0) is 16.1 Å². The normalized spacial score (nSPS) is 11.8. The van der Waals surface area contributed by atoms with Crippen molar-refractivity contribution in [3.05, 3.63) is 65.7 Å². The fraction of sp³-hybridized carbons (Fsp3) is 0.391. The second-order valence-corrected chi connectivity index (χ2v) is 7.18. The minimum absolute atomic E-state index is 0.0654. The highest BCUT2D eigenvalue weighted by molar-refractivity contribution is 5.88. The Balaban J connectivity index is 2.36. The van der Waals surface area contributed by atoms with Crippen LogP contribution in [0.2, 0.25) is 0 Å². The monoisotopic (exact) mass is 382 g/mol. The number of carbonyl (C=O) groups is 2. The molecule has 0 aromatic heterocycles. The molecule has 0 saturated carbocycles. The Bertz CT molecular complexity index is 757. The maximum absolute atomic E-state index is 13.1. The van der Waals surface area contributed by atoms with Crippen LogP contribution >= 0.6 is 0 Å². The van der Waals surface area contributed by atoms with E-state index in [1.165, 1.54) is 0 Å². The summed E-state index contributed by atoms with van der Waals surface area (Å²) in [6.07, 6.45) is 0.330. The van der Waals surface area contributed by atoms with Gasteiger partial charge < -0.3 is 15.0 Å². The molecule has 150 valence electrons. The fourth-order valence-electron chi connectivity index (χ4n) is 2.96. The van der Waals surface area contributed by atoms with Crippen LogP contribution in [0.4, 0.5) is 0 Å².